The first-order valence-corrected chi connectivity index (χ1v) is 6.29. The summed E-state index contributed by atoms with van der Waals surface area (Å²) in [5.41, 5.74) is -0.0252. The molecule has 3 nitrogen and oxygen atoms in total. The zero-order valence-corrected chi connectivity index (χ0v) is 10.2. The molecule has 0 aliphatic heterocycles. The number of halogens is 4. The zero-order valence-electron chi connectivity index (χ0n) is 7.05. The summed E-state index contributed by atoms with van der Waals surface area (Å²) in [7, 11) is -4.66. The molecule has 0 saturated carbocycles. The lowest BCUT2D eigenvalue weighted by Gasteiger charge is -2.08. The summed E-state index contributed by atoms with van der Waals surface area (Å²) in [6.07, 6.45) is 0. The molecule has 0 radical (unpaired) electrons. The Morgan fingerprint density at radius 3 is 2.53 bits per heavy atom. The van der Waals surface area contributed by atoms with Crippen LogP contribution in [0.1, 0.15) is 0 Å². The Morgan fingerprint density at radius 2 is 2.00 bits per heavy atom. The molecule has 0 unspecified atom stereocenters. The van der Waals surface area contributed by atoms with Crippen molar-refractivity contribution >= 4 is 43.2 Å². The molecule has 0 spiro atoms. The van der Waals surface area contributed by atoms with Gasteiger partial charge in [-0.15, -0.1) is 0 Å². The van der Waals surface area contributed by atoms with E-state index in [9.17, 15) is 17.2 Å². The highest BCUT2D eigenvalue weighted by molar-refractivity contribution is 9.10. The van der Waals surface area contributed by atoms with Crippen molar-refractivity contribution in [2.24, 2.45) is 0 Å². The normalized spacial score (nSPS) is 11.8. The van der Waals surface area contributed by atoms with Crippen LogP contribution in [0, 0.1) is 0 Å². The van der Waals surface area contributed by atoms with Crippen LogP contribution in [-0.4, -0.2) is 14.2 Å². The maximum absolute atomic E-state index is 12.0. The lowest BCUT2D eigenvalue weighted by atomic mass is 10.3. The summed E-state index contributed by atoms with van der Waals surface area (Å²) in [6.45, 7) is 0. The van der Waals surface area contributed by atoms with Crippen molar-refractivity contribution in [2.45, 2.75) is 5.76 Å². The lowest BCUT2D eigenvalue weighted by molar-refractivity contribution is 0.236. The lowest BCUT2D eigenvalue weighted by Crippen LogP contribution is -2.20. The van der Waals surface area contributed by atoms with Gasteiger partial charge >= 0.3 is 5.76 Å². The summed E-state index contributed by atoms with van der Waals surface area (Å²) < 4.78 is 47.8. The van der Waals surface area contributed by atoms with E-state index in [2.05, 4.69) is 15.9 Å². The summed E-state index contributed by atoms with van der Waals surface area (Å²) >= 11 is 8.58. The van der Waals surface area contributed by atoms with E-state index >= 15 is 0 Å². The van der Waals surface area contributed by atoms with Gasteiger partial charge in [-0.05, 0) is 34.1 Å². The maximum atomic E-state index is 12.0. The average Bonchev–Trinajstić information content (AvgIpc) is 2.10. The van der Waals surface area contributed by atoms with Gasteiger partial charge in [0.25, 0.3) is 10.0 Å². The van der Waals surface area contributed by atoms with Crippen LogP contribution in [-0.2, 0) is 10.0 Å². The molecule has 15 heavy (non-hydrogen) atoms. The zero-order chi connectivity index (χ0) is 11.6. The third kappa shape index (κ3) is 3.29. The van der Waals surface area contributed by atoms with Crippen LogP contribution in [0.4, 0.5) is 14.5 Å². The van der Waals surface area contributed by atoms with Gasteiger partial charge in [0.05, 0.1) is 5.69 Å². The highest BCUT2D eigenvalue weighted by Gasteiger charge is 2.24. The van der Waals surface area contributed by atoms with Crippen molar-refractivity contribution in [1.29, 1.82) is 0 Å². The maximum Gasteiger partial charge on any atom is 0.355 e. The largest absolute Gasteiger partial charge is 0.355 e. The molecule has 1 rings (SSSR count). The van der Waals surface area contributed by atoms with Crippen LogP contribution < -0.4 is 4.72 Å². The monoisotopic (exact) mass is 319 g/mol. The first-order valence-electron chi connectivity index (χ1n) is 3.58. The Morgan fingerprint density at radius 1 is 1.40 bits per heavy atom. The molecule has 84 valence electrons. The molecular formula is C7H5BrClF2NO2S. The number of benzene rings is 1. The highest BCUT2D eigenvalue weighted by Crippen LogP contribution is 2.27. The van der Waals surface area contributed by atoms with E-state index in [1.165, 1.54) is 18.2 Å². The van der Waals surface area contributed by atoms with Crippen molar-refractivity contribution in [1.82, 2.24) is 0 Å². The van der Waals surface area contributed by atoms with Gasteiger partial charge in [-0.2, -0.15) is 8.78 Å². The van der Waals surface area contributed by atoms with Crippen LogP contribution in [0.2, 0.25) is 5.02 Å². The number of anilines is 1. The minimum Gasteiger partial charge on any atom is -0.278 e. The molecule has 0 aromatic heterocycles. The number of nitrogens with one attached hydrogen (secondary N) is 1. The summed E-state index contributed by atoms with van der Waals surface area (Å²) in [4.78, 5) is 0. The predicted molar refractivity (Wildman–Crippen MR) is 57.7 cm³/mol. The Hall–Kier alpha value is -0.400. The van der Waals surface area contributed by atoms with E-state index in [1.807, 2.05) is 0 Å². The van der Waals surface area contributed by atoms with E-state index in [1.54, 1.807) is 4.72 Å². The molecule has 1 aromatic carbocycles. The second-order valence-corrected chi connectivity index (χ2v) is 5.47. The minimum atomic E-state index is -4.66. The molecule has 0 atom stereocenters. The van der Waals surface area contributed by atoms with Gasteiger partial charge in [0.15, 0.2) is 0 Å². The number of hydrogen-bond acceptors (Lipinski definition) is 2. The third-order valence-corrected chi connectivity index (χ3v) is 3.32. The van der Waals surface area contributed by atoms with Gasteiger partial charge in [0.1, 0.15) is 0 Å². The van der Waals surface area contributed by atoms with Crippen LogP contribution in [0.25, 0.3) is 0 Å². The Kier molecular flexibility index (Phi) is 3.91. The number of alkyl halides is 2. The van der Waals surface area contributed by atoms with Crippen molar-refractivity contribution in [3.05, 3.63) is 27.7 Å². The SMILES string of the molecule is O=S(=O)(Nc1cc(Cl)ccc1Br)C(F)F. The fraction of sp³-hybridized carbons (Fsp3) is 0.143. The molecule has 0 bridgehead atoms. The predicted octanol–water partition coefficient (Wildman–Crippen LogP) is 3.07. The fourth-order valence-electron chi connectivity index (χ4n) is 0.774. The van der Waals surface area contributed by atoms with Crippen LogP contribution in [0.5, 0.6) is 0 Å². The van der Waals surface area contributed by atoms with Crippen molar-refractivity contribution in [2.75, 3.05) is 4.72 Å². The van der Waals surface area contributed by atoms with E-state index in [-0.39, 0.29) is 10.7 Å². The molecule has 0 aliphatic carbocycles. The number of hydrogen-bond donors (Lipinski definition) is 1. The van der Waals surface area contributed by atoms with Crippen molar-refractivity contribution in [3.63, 3.8) is 0 Å². The molecule has 0 amide bonds. The van der Waals surface area contributed by atoms with Gasteiger partial charge in [0, 0.05) is 9.50 Å². The molecule has 1 aromatic rings. The quantitative estimate of drug-likeness (QED) is 0.930. The molecule has 0 saturated heterocycles. The van der Waals surface area contributed by atoms with Crippen molar-refractivity contribution in [3.8, 4) is 0 Å². The Labute approximate surface area is 98.6 Å². The van der Waals surface area contributed by atoms with Gasteiger partial charge in [-0.3, -0.25) is 4.72 Å². The van der Waals surface area contributed by atoms with Gasteiger partial charge in [-0.1, -0.05) is 11.6 Å². The van der Waals surface area contributed by atoms with Crippen molar-refractivity contribution < 1.29 is 17.2 Å². The molecule has 8 heteroatoms. The molecule has 0 fully saturated rings. The van der Waals surface area contributed by atoms with E-state index in [4.69, 9.17) is 11.6 Å². The topological polar surface area (TPSA) is 46.2 Å². The average molecular weight is 321 g/mol. The summed E-state index contributed by atoms with van der Waals surface area (Å²) in [5, 5.41) is 0.241. The Bertz CT molecular complexity index is 466. The third-order valence-electron chi connectivity index (χ3n) is 1.42. The number of sulfonamides is 1. The smallest absolute Gasteiger partial charge is 0.278 e. The number of rotatable bonds is 3. The van der Waals surface area contributed by atoms with E-state index < -0.39 is 15.8 Å². The van der Waals surface area contributed by atoms with E-state index in [0.717, 1.165) is 0 Å². The molecular weight excluding hydrogens is 316 g/mol. The van der Waals surface area contributed by atoms with Gasteiger partial charge in [-0.25, -0.2) is 8.42 Å². The second kappa shape index (κ2) is 4.63. The van der Waals surface area contributed by atoms with Gasteiger partial charge < -0.3 is 0 Å². The fourth-order valence-corrected chi connectivity index (χ4v) is 1.99. The van der Waals surface area contributed by atoms with E-state index in [0.29, 0.717) is 4.47 Å². The van der Waals surface area contributed by atoms with Gasteiger partial charge in [0.2, 0.25) is 0 Å². The minimum absolute atomic E-state index is 0.0252. The standard InChI is InChI=1S/C7H5BrClF2NO2S/c8-5-2-1-4(9)3-6(5)12-15(13,14)7(10)11/h1-3,7,12H. The summed E-state index contributed by atoms with van der Waals surface area (Å²) in [6, 6.07) is 4.17. The second-order valence-electron chi connectivity index (χ2n) is 2.53. The summed E-state index contributed by atoms with van der Waals surface area (Å²) in [5.74, 6) is -3.48. The van der Waals surface area contributed by atoms with Crippen LogP contribution >= 0.6 is 27.5 Å². The Balaban J connectivity index is 3.05. The molecule has 0 aliphatic rings. The first kappa shape index (κ1) is 12.7. The van der Waals surface area contributed by atoms with Crippen LogP contribution in [0.3, 0.4) is 0 Å². The van der Waals surface area contributed by atoms with Crippen LogP contribution in [0.15, 0.2) is 22.7 Å². The highest BCUT2D eigenvalue weighted by atomic mass is 79.9. The molecule has 0 heterocycles. The molecule has 1 N–H and O–H groups in total. The first-order chi connectivity index (χ1) is 6.83.